The Hall–Kier alpha value is -1.51. The minimum atomic E-state index is 0.108. The topological polar surface area (TPSA) is 32.3 Å². The van der Waals surface area contributed by atoms with Crippen molar-refractivity contribution in [3.8, 4) is 0 Å². The lowest BCUT2D eigenvalue weighted by molar-refractivity contribution is -0.118. The molecule has 1 aliphatic heterocycles. The average Bonchev–Trinajstić information content (AvgIpc) is 2.37. The fraction of sp³-hybridized carbons (Fsp3) is 0.588. The monoisotopic (exact) mass is 274 g/mol. The van der Waals surface area contributed by atoms with Gasteiger partial charge in [-0.05, 0) is 50.8 Å². The SMILES string of the molecule is CCC(=O)N(CC)c1ccc2c(c1)NC(C)(C)CC2C. The molecule has 1 aromatic rings. The Kier molecular flexibility index (Phi) is 4.07. The van der Waals surface area contributed by atoms with E-state index in [2.05, 4.69) is 44.3 Å². The van der Waals surface area contributed by atoms with Gasteiger partial charge in [0.2, 0.25) is 5.91 Å². The minimum Gasteiger partial charge on any atom is -0.380 e. The second-order valence-corrected chi connectivity index (χ2v) is 6.38. The molecular formula is C17H26N2O. The zero-order chi connectivity index (χ0) is 14.9. The third-order valence-corrected chi connectivity index (χ3v) is 4.09. The summed E-state index contributed by atoms with van der Waals surface area (Å²) in [7, 11) is 0. The summed E-state index contributed by atoms with van der Waals surface area (Å²) in [6.45, 7) is 11.4. The van der Waals surface area contributed by atoms with E-state index in [-0.39, 0.29) is 11.4 Å². The Morgan fingerprint density at radius 2 is 2.10 bits per heavy atom. The van der Waals surface area contributed by atoms with Crippen LogP contribution in [0.4, 0.5) is 11.4 Å². The molecule has 1 heterocycles. The van der Waals surface area contributed by atoms with Crippen molar-refractivity contribution in [2.45, 2.75) is 58.9 Å². The first-order chi connectivity index (χ1) is 9.38. The van der Waals surface area contributed by atoms with E-state index in [1.165, 1.54) is 11.3 Å². The fourth-order valence-electron chi connectivity index (χ4n) is 3.23. The van der Waals surface area contributed by atoms with Crippen LogP contribution in [0.15, 0.2) is 18.2 Å². The van der Waals surface area contributed by atoms with Gasteiger partial charge in [0, 0.05) is 29.9 Å². The van der Waals surface area contributed by atoms with Gasteiger partial charge in [0.15, 0.2) is 0 Å². The summed E-state index contributed by atoms with van der Waals surface area (Å²) in [5.41, 5.74) is 3.63. The molecule has 1 aromatic carbocycles. The Bertz CT molecular complexity index is 508. The van der Waals surface area contributed by atoms with Crippen molar-refractivity contribution in [1.82, 2.24) is 0 Å². The van der Waals surface area contributed by atoms with Crippen molar-refractivity contribution < 1.29 is 4.79 Å². The van der Waals surface area contributed by atoms with Gasteiger partial charge in [-0.1, -0.05) is 19.9 Å². The first kappa shape index (κ1) is 14.9. The van der Waals surface area contributed by atoms with Crippen molar-refractivity contribution in [2.75, 3.05) is 16.8 Å². The number of fused-ring (bicyclic) bond motifs is 1. The van der Waals surface area contributed by atoms with Crippen LogP contribution in [0.3, 0.4) is 0 Å². The number of carbonyl (C=O) groups excluding carboxylic acids is 1. The van der Waals surface area contributed by atoms with Gasteiger partial charge in [-0.25, -0.2) is 0 Å². The summed E-state index contributed by atoms with van der Waals surface area (Å²) in [5, 5.41) is 3.60. The number of hydrogen-bond acceptors (Lipinski definition) is 2. The summed E-state index contributed by atoms with van der Waals surface area (Å²) in [6.07, 6.45) is 1.67. The molecule has 1 N–H and O–H groups in total. The number of benzene rings is 1. The normalized spacial score (nSPS) is 19.9. The highest BCUT2D eigenvalue weighted by atomic mass is 16.2. The molecule has 20 heavy (non-hydrogen) atoms. The Balaban J connectivity index is 2.38. The predicted molar refractivity (Wildman–Crippen MR) is 85.5 cm³/mol. The summed E-state index contributed by atoms with van der Waals surface area (Å²) in [4.78, 5) is 13.9. The number of anilines is 2. The van der Waals surface area contributed by atoms with Gasteiger partial charge in [0.1, 0.15) is 0 Å². The molecule has 110 valence electrons. The number of hydrogen-bond donors (Lipinski definition) is 1. The molecule has 0 bridgehead atoms. The van der Waals surface area contributed by atoms with Crippen LogP contribution in [0, 0.1) is 0 Å². The number of carbonyl (C=O) groups is 1. The van der Waals surface area contributed by atoms with Crippen LogP contribution in [0.1, 0.15) is 58.9 Å². The molecule has 1 aliphatic rings. The minimum absolute atomic E-state index is 0.108. The molecule has 1 amide bonds. The van der Waals surface area contributed by atoms with Gasteiger partial charge in [0.25, 0.3) is 0 Å². The number of rotatable bonds is 3. The van der Waals surface area contributed by atoms with Crippen LogP contribution in [0.5, 0.6) is 0 Å². The van der Waals surface area contributed by atoms with Crippen molar-refractivity contribution in [1.29, 1.82) is 0 Å². The van der Waals surface area contributed by atoms with Gasteiger partial charge in [-0.15, -0.1) is 0 Å². The smallest absolute Gasteiger partial charge is 0.226 e. The summed E-state index contributed by atoms with van der Waals surface area (Å²) in [5.74, 6) is 0.725. The predicted octanol–water partition coefficient (Wildman–Crippen LogP) is 4.15. The van der Waals surface area contributed by atoms with Gasteiger partial charge in [-0.2, -0.15) is 0 Å². The van der Waals surface area contributed by atoms with E-state index < -0.39 is 0 Å². The average molecular weight is 274 g/mol. The third kappa shape index (κ3) is 2.82. The molecule has 0 spiro atoms. The highest BCUT2D eigenvalue weighted by Gasteiger charge is 2.29. The largest absolute Gasteiger partial charge is 0.380 e. The molecule has 0 aromatic heterocycles. The Morgan fingerprint density at radius 3 is 2.70 bits per heavy atom. The summed E-state index contributed by atoms with van der Waals surface area (Å²) in [6, 6.07) is 6.37. The van der Waals surface area contributed by atoms with Crippen LogP contribution in [-0.4, -0.2) is 18.0 Å². The van der Waals surface area contributed by atoms with E-state index in [9.17, 15) is 4.79 Å². The molecule has 3 heteroatoms. The summed E-state index contributed by atoms with van der Waals surface area (Å²) < 4.78 is 0. The van der Waals surface area contributed by atoms with Crippen LogP contribution in [-0.2, 0) is 4.79 Å². The lowest BCUT2D eigenvalue weighted by Crippen LogP contribution is -2.37. The van der Waals surface area contributed by atoms with E-state index in [0.717, 1.165) is 12.1 Å². The maximum Gasteiger partial charge on any atom is 0.226 e. The highest BCUT2D eigenvalue weighted by Crippen LogP contribution is 2.40. The van der Waals surface area contributed by atoms with E-state index in [1.807, 2.05) is 18.7 Å². The van der Waals surface area contributed by atoms with Crippen molar-refractivity contribution in [2.24, 2.45) is 0 Å². The molecule has 0 fully saturated rings. The maximum atomic E-state index is 12.0. The molecular weight excluding hydrogens is 248 g/mol. The van der Waals surface area contributed by atoms with Crippen LogP contribution in [0.25, 0.3) is 0 Å². The molecule has 3 nitrogen and oxygen atoms in total. The molecule has 0 saturated carbocycles. The van der Waals surface area contributed by atoms with Crippen molar-refractivity contribution in [3.63, 3.8) is 0 Å². The fourth-order valence-corrected chi connectivity index (χ4v) is 3.23. The lowest BCUT2D eigenvalue weighted by Gasteiger charge is -2.38. The maximum absolute atomic E-state index is 12.0. The van der Waals surface area contributed by atoms with E-state index >= 15 is 0 Å². The van der Waals surface area contributed by atoms with E-state index in [1.54, 1.807) is 0 Å². The second-order valence-electron chi connectivity index (χ2n) is 6.38. The standard InChI is InChI=1S/C17H26N2O/c1-6-16(20)19(7-2)13-8-9-14-12(3)11-17(4,5)18-15(14)10-13/h8-10,12,18H,6-7,11H2,1-5H3. The zero-order valence-electron chi connectivity index (χ0n) is 13.3. The Morgan fingerprint density at radius 1 is 1.40 bits per heavy atom. The molecule has 0 radical (unpaired) electrons. The number of nitrogens with one attached hydrogen (secondary N) is 1. The van der Waals surface area contributed by atoms with E-state index in [4.69, 9.17) is 0 Å². The second kappa shape index (κ2) is 5.47. The van der Waals surface area contributed by atoms with Crippen molar-refractivity contribution in [3.05, 3.63) is 23.8 Å². The molecule has 1 unspecified atom stereocenters. The molecule has 2 rings (SSSR count). The van der Waals surface area contributed by atoms with Crippen LogP contribution >= 0.6 is 0 Å². The summed E-state index contributed by atoms with van der Waals surface area (Å²) >= 11 is 0. The molecule has 0 saturated heterocycles. The van der Waals surface area contributed by atoms with Crippen LogP contribution < -0.4 is 10.2 Å². The van der Waals surface area contributed by atoms with Crippen LogP contribution in [0.2, 0.25) is 0 Å². The first-order valence-corrected chi connectivity index (χ1v) is 7.60. The lowest BCUT2D eigenvalue weighted by atomic mass is 9.82. The quantitative estimate of drug-likeness (QED) is 0.898. The third-order valence-electron chi connectivity index (χ3n) is 4.09. The first-order valence-electron chi connectivity index (χ1n) is 7.60. The molecule has 0 aliphatic carbocycles. The molecule has 1 atom stereocenters. The zero-order valence-corrected chi connectivity index (χ0v) is 13.3. The van der Waals surface area contributed by atoms with Gasteiger partial charge in [0.05, 0.1) is 0 Å². The van der Waals surface area contributed by atoms with E-state index in [0.29, 0.717) is 18.9 Å². The number of nitrogens with zero attached hydrogens (tertiary/aromatic N) is 1. The van der Waals surface area contributed by atoms with Gasteiger partial charge in [-0.3, -0.25) is 4.79 Å². The number of amides is 1. The Labute approximate surface area is 122 Å². The van der Waals surface area contributed by atoms with Gasteiger partial charge < -0.3 is 10.2 Å². The highest BCUT2D eigenvalue weighted by molar-refractivity contribution is 5.93. The van der Waals surface area contributed by atoms with Crippen molar-refractivity contribution >= 4 is 17.3 Å². The van der Waals surface area contributed by atoms with Gasteiger partial charge >= 0.3 is 0 Å².